The summed E-state index contributed by atoms with van der Waals surface area (Å²) >= 11 is 1.18. The predicted molar refractivity (Wildman–Crippen MR) is 117 cm³/mol. The van der Waals surface area contributed by atoms with E-state index in [0.717, 1.165) is 26.2 Å². The van der Waals surface area contributed by atoms with E-state index in [9.17, 15) is 26.7 Å². The van der Waals surface area contributed by atoms with Crippen LogP contribution in [-0.2, 0) is 9.53 Å². The van der Waals surface area contributed by atoms with Crippen molar-refractivity contribution in [1.82, 2.24) is 4.98 Å². The number of anilines is 2. The molecule has 12 heteroatoms. The maximum atomic E-state index is 14.4. The molecule has 34 heavy (non-hydrogen) atoms. The van der Waals surface area contributed by atoms with E-state index >= 15 is 0 Å². The van der Waals surface area contributed by atoms with Gasteiger partial charge in [-0.05, 0) is 31.2 Å². The van der Waals surface area contributed by atoms with Gasteiger partial charge >= 0.3 is 6.18 Å². The Morgan fingerprint density at radius 3 is 2.62 bits per heavy atom. The van der Waals surface area contributed by atoms with Crippen LogP contribution in [-0.4, -0.2) is 35.9 Å². The van der Waals surface area contributed by atoms with Crippen molar-refractivity contribution < 1.29 is 36.2 Å². The zero-order valence-electron chi connectivity index (χ0n) is 18.2. The summed E-state index contributed by atoms with van der Waals surface area (Å²) in [5.74, 6) is -6.69. The summed E-state index contributed by atoms with van der Waals surface area (Å²) in [4.78, 5) is 17.3. The van der Waals surface area contributed by atoms with Crippen molar-refractivity contribution in [2.24, 2.45) is 5.92 Å². The molecular weight excluding hydrogens is 481 g/mol. The molecule has 4 atom stereocenters. The Balaban J connectivity index is 1.76. The number of rotatable bonds is 4. The van der Waals surface area contributed by atoms with Gasteiger partial charge in [0, 0.05) is 23.1 Å². The fourth-order valence-electron chi connectivity index (χ4n) is 4.27. The van der Waals surface area contributed by atoms with Crippen LogP contribution in [0.3, 0.4) is 0 Å². The van der Waals surface area contributed by atoms with E-state index in [0.29, 0.717) is 15.3 Å². The van der Waals surface area contributed by atoms with Gasteiger partial charge in [-0.25, -0.2) is 9.37 Å². The Kier molecular flexibility index (Phi) is 5.93. The normalized spacial score (nSPS) is 25.0. The molecule has 1 fully saturated rings. The Labute approximate surface area is 194 Å². The molecule has 0 unspecified atom stereocenters. The van der Waals surface area contributed by atoms with Crippen molar-refractivity contribution in [3.8, 4) is 5.75 Å². The molecule has 2 heterocycles. The molecule has 0 aliphatic carbocycles. The Hall–Kier alpha value is -2.99. The minimum Gasteiger partial charge on any atom is -0.493 e. The molecule has 4 rings (SSSR count). The number of benzene rings is 2. The van der Waals surface area contributed by atoms with E-state index in [2.05, 4.69) is 10.3 Å². The fraction of sp³-hybridized carbons (Fsp3) is 0.364. The lowest BCUT2D eigenvalue weighted by atomic mass is 9.77. The van der Waals surface area contributed by atoms with Gasteiger partial charge in [-0.15, -0.1) is 0 Å². The lowest BCUT2D eigenvalue weighted by molar-refractivity contribution is -0.272. The summed E-state index contributed by atoms with van der Waals surface area (Å²) in [6, 6.07) is 6.59. The predicted octanol–water partition coefficient (Wildman–Crippen LogP) is 5.24. The number of nitrogens with zero attached hydrogens (tertiary/aromatic N) is 1. The Morgan fingerprint density at radius 1 is 1.26 bits per heavy atom. The molecule has 1 aliphatic heterocycles. The van der Waals surface area contributed by atoms with Crippen LogP contribution in [0.1, 0.15) is 25.3 Å². The lowest BCUT2D eigenvalue weighted by Gasteiger charge is -2.32. The summed E-state index contributed by atoms with van der Waals surface area (Å²) in [7, 11) is 1.07. The summed E-state index contributed by atoms with van der Waals surface area (Å²) in [5.41, 5.74) is 3.73. The fourth-order valence-corrected chi connectivity index (χ4v) is 5.05. The number of carbonyl (C=O) groups excluding carboxylic acids is 1. The molecule has 2 aromatic carbocycles. The first-order chi connectivity index (χ1) is 15.9. The van der Waals surface area contributed by atoms with Crippen LogP contribution in [0.4, 0.5) is 32.8 Å². The Bertz CT molecular complexity index is 1260. The van der Waals surface area contributed by atoms with Crippen molar-refractivity contribution in [2.45, 2.75) is 37.6 Å². The van der Waals surface area contributed by atoms with E-state index in [1.165, 1.54) is 24.3 Å². The van der Waals surface area contributed by atoms with Crippen LogP contribution in [0.15, 0.2) is 30.3 Å². The smallest absolute Gasteiger partial charge is 0.417 e. The molecule has 1 amide bonds. The average molecular weight is 501 g/mol. The number of ether oxygens (including phenoxy) is 2. The SMILES string of the molecule is COc1c([C@H]2[C@H](C(=O)Nc3ccc4nc(N)sc4c3)O[C@@](C)(C(F)(F)F)[C@H]2C)ccc(F)c1F. The third-order valence-electron chi connectivity index (χ3n) is 6.24. The van der Waals surface area contributed by atoms with E-state index in [1.54, 1.807) is 12.1 Å². The van der Waals surface area contributed by atoms with Gasteiger partial charge in [0.15, 0.2) is 22.3 Å². The first-order valence-electron chi connectivity index (χ1n) is 10.1. The van der Waals surface area contributed by atoms with Crippen molar-refractivity contribution >= 4 is 38.3 Å². The van der Waals surface area contributed by atoms with Crippen molar-refractivity contribution in [1.29, 1.82) is 0 Å². The second kappa shape index (κ2) is 8.35. The molecule has 1 aromatic heterocycles. The molecule has 1 saturated heterocycles. The van der Waals surface area contributed by atoms with Crippen LogP contribution in [0, 0.1) is 17.6 Å². The topological polar surface area (TPSA) is 86.5 Å². The van der Waals surface area contributed by atoms with Gasteiger partial charge in [0.1, 0.15) is 6.10 Å². The number of nitrogens with two attached hydrogens (primary N) is 1. The van der Waals surface area contributed by atoms with Crippen LogP contribution < -0.4 is 15.8 Å². The molecule has 0 bridgehead atoms. The number of carbonyl (C=O) groups is 1. The van der Waals surface area contributed by atoms with Crippen molar-refractivity contribution in [3.63, 3.8) is 0 Å². The molecular formula is C22H20F5N3O3S. The number of thiazole rings is 1. The molecule has 0 saturated carbocycles. The maximum Gasteiger partial charge on any atom is 0.417 e. The van der Waals surface area contributed by atoms with Gasteiger partial charge in [-0.1, -0.05) is 24.3 Å². The number of nitrogens with one attached hydrogen (secondary N) is 1. The highest BCUT2D eigenvalue weighted by Crippen LogP contribution is 2.55. The lowest BCUT2D eigenvalue weighted by Crippen LogP contribution is -2.47. The van der Waals surface area contributed by atoms with E-state index in [-0.39, 0.29) is 11.3 Å². The van der Waals surface area contributed by atoms with Crippen LogP contribution in [0.5, 0.6) is 5.75 Å². The number of halogens is 5. The van der Waals surface area contributed by atoms with Gasteiger partial charge in [0.2, 0.25) is 5.82 Å². The summed E-state index contributed by atoms with van der Waals surface area (Å²) in [5, 5.41) is 2.87. The first-order valence-corrected chi connectivity index (χ1v) is 10.9. The monoisotopic (exact) mass is 501 g/mol. The minimum atomic E-state index is -4.84. The summed E-state index contributed by atoms with van der Waals surface area (Å²) in [6.45, 7) is 2.08. The zero-order valence-corrected chi connectivity index (χ0v) is 19.0. The molecule has 3 aromatic rings. The quantitative estimate of drug-likeness (QED) is 0.478. The van der Waals surface area contributed by atoms with Crippen molar-refractivity contribution in [3.05, 3.63) is 47.5 Å². The number of amides is 1. The summed E-state index contributed by atoms with van der Waals surface area (Å²) < 4.78 is 81.2. The average Bonchev–Trinajstić information content (AvgIpc) is 3.26. The van der Waals surface area contributed by atoms with E-state index in [4.69, 9.17) is 15.2 Å². The van der Waals surface area contributed by atoms with Gasteiger partial charge in [-0.3, -0.25) is 4.79 Å². The number of aromatic nitrogens is 1. The second-order valence-electron chi connectivity index (χ2n) is 8.17. The number of hydrogen-bond donors (Lipinski definition) is 2. The third kappa shape index (κ3) is 3.84. The second-order valence-corrected chi connectivity index (χ2v) is 9.23. The summed E-state index contributed by atoms with van der Waals surface area (Å²) in [6.07, 6.45) is -6.52. The number of methoxy groups -OCH3 is 1. The van der Waals surface area contributed by atoms with E-state index in [1.807, 2.05) is 0 Å². The highest BCUT2D eigenvalue weighted by atomic mass is 32.1. The maximum absolute atomic E-state index is 14.4. The van der Waals surface area contributed by atoms with Gasteiger partial charge < -0.3 is 20.5 Å². The number of alkyl halides is 3. The largest absolute Gasteiger partial charge is 0.493 e. The molecule has 1 aliphatic rings. The molecule has 182 valence electrons. The van der Waals surface area contributed by atoms with Crippen LogP contribution >= 0.6 is 11.3 Å². The highest BCUT2D eigenvalue weighted by molar-refractivity contribution is 7.22. The van der Waals surface area contributed by atoms with Gasteiger partial charge in [-0.2, -0.15) is 17.6 Å². The van der Waals surface area contributed by atoms with Crippen molar-refractivity contribution in [2.75, 3.05) is 18.2 Å². The first kappa shape index (κ1) is 24.1. The van der Waals surface area contributed by atoms with E-state index < -0.39 is 53.0 Å². The number of hydrogen-bond acceptors (Lipinski definition) is 6. The molecule has 3 N–H and O–H groups in total. The Morgan fingerprint density at radius 2 is 1.97 bits per heavy atom. The number of fused-ring (bicyclic) bond motifs is 1. The zero-order chi connectivity index (χ0) is 25.0. The van der Waals surface area contributed by atoms with Gasteiger partial charge in [0.05, 0.1) is 17.3 Å². The number of nitrogen functional groups attached to an aromatic ring is 1. The molecule has 0 radical (unpaired) electrons. The standard InChI is InChI=1S/C22H20F5N3O3S/c1-9-15(11-5-6-12(23)16(24)17(11)32-3)18(33-21(9,2)22(25,26)27)19(31)29-10-4-7-13-14(8-10)34-20(28)30-13/h4-9,15,18H,1-3H3,(H2,28,30)(H,29,31)/t9-,15-,18+,21+/m0/s1. The third-order valence-corrected chi connectivity index (χ3v) is 7.09. The van der Waals surface area contributed by atoms with Crippen LogP contribution in [0.2, 0.25) is 0 Å². The molecule has 0 spiro atoms. The molecule has 6 nitrogen and oxygen atoms in total. The minimum absolute atomic E-state index is 0.104. The highest BCUT2D eigenvalue weighted by Gasteiger charge is 2.65. The van der Waals surface area contributed by atoms with Crippen LogP contribution in [0.25, 0.3) is 10.2 Å². The van der Waals surface area contributed by atoms with Gasteiger partial charge in [0.25, 0.3) is 5.91 Å².